The minimum Gasteiger partial charge on any atom is -0.361 e. The summed E-state index contributed by atoms with van der Waals surface area (Å²) in [5.74, 6) is 0.796. The molecule has 4 heterocycles. The van der Waals surface area contributed by atoms with Gasteiger partial charge in [-0.2, -0.15) is 13.2 Å². The molecule has 0 bridgehead atoms. The molecule has 1 saturated carbocycles. The first-order valence-electron chi connectivity index (χ1n) is 11.6. The highest BCUT2D eigenvalue weighted by molar-refractivity contribution is 5.94. The predicted molar refractivity (Wildman–Crippen MR) is 126 cm³/mol. The fourth-order valence-corrected chi connectivity index (χ4v) is 4.87. The third-order valence-electron chi connectivity index (χ3n) is 6.63. The topological polar surface area (TPSA) is 105 Å². The Kier molecular flexibility index (Phi) is 5.96. The molecule has 0 radical (unpaired) electrons. The van der Waals surface area contributed by atoms with Crippen LogP contribution in [0.5, 0.6) is 0 Å². The van der Waals surface area contributed by atoms with Gasteiger partial charge in [0.25, 0.3) is 0 Å². The lowest BCUT2D eigenvalue weighted by Crippen LogP contribution is -2.44. The van der Waals surface area contributed by atoms with Gasteiger partial charge in [-0.15, -0.1) is 0 Å². The van der Waals surface area contributed by atoms with E-state index in [4.69, 9.17) is 4.52 Å². The van der Waals surface area contributed by atoms with Crippen molar-refractivity contribution < 1.29 is 17.7 Å². The van der Waals surface area contributed by atoms with E-state index in [1.165, 1.54) is 6.20 Å². The highest BCUT2D eigenvalue weighted by atomic mass is 19.4. The number of nitrogens with one attached hydrogen (secondary N) is 3. The Bertz CT molecular complexity index is 1340. The molecule has 5 rings (SSSR count). The van der Waals surface area contributed by atoms with Crippen molar-refractivity contribution in [1.82, 2.24) is 30.4 Å². The molecule has 0 aromatic carbocycles. The van der Waals surface area contributed by atoms with Crippen LogP contribution in [-0.2, 0) is 6.18 Å². The number of hydrogen-bond acceptors (Lipinski definition) is 7. The molecule has 0 saturated heterocycles. The standard InChI is InChI=1S/C24H26F3N7O/c1-12-20(13(2)35-34-12)19-9-8-14-15(10-29-22(14)31-19)21-16(24(25,26)27)11-30-23(33-21)32-18-7-5-4-6-17(18)28-3/h8-11,17-18,28H,4-7H2,1-3H3,(H,29,31)(H,30,32,33)/t17-,18-/m0/s1. The smallest absolute Gasteiger partial charge is 0.361 e. The van der Waals surface area contributed by atoms with E-state index >= 15 is 0 Å². The van der Waals surface area contributed by atoms with Gasteiger partial charge in [0.05, 0.1) is 22.6 Å². The summed E-state index contributed by atoms with van der Waals surface area (Å²) in [7, 11) is 1.89. The van der Waals surface area contributed by atoms with Gasteiger partial charge in [0.2, 0.25) is 5.95 Å². The van der Waals surface area contributed by atoms with Crippen LogP contribution in [0.4, 0.5) is 19.1 Å². The molecule has 11 heteroatoms. The Labute approximate surface area is 199 Å². The molecule has 2 atom stereocenters. The maximum Gasteiger partial charge on any atom is 0.419 e. The molecule has 4 aromatic rings. The normalized spacial score (nSPS) is 18.8. The molecule has 0 spiro atoms. The first-order chi connectivity index (χ1) is 16.8. The molecule has 0 unspecified atom stereocenters. The number of halogens is 3. The van der Waals surface area contributed by atoms with Gasteiger partial charge in [-0.05, 0) is 45.9 Å². The molecule has 184 valence electrons. The van der Waals surface area contributed by atoms with Crippen LogP contribution in [0.15, 0.2) is 29.0 Å². The Balaban J connectivity index is 1.57. The fourth-order valence-electron chi connectivity index (χ4n) is 4.87. The molecule has 0 amide bonds. The van der Waals surface area contributed by atoms with Crippen molar-refractivity contribution in [2.24, 2.45) is 0 Å². The van der Waals surface area contributed by atoms with Gasteiger partial charge in [0, 0.05) is 35.4 Å². The van der Waals surface area contributed by atoms with Gasteiger partial charge in [-0.25, -0.2) is 15.0 Å². The van der Waals surface area contributed by atoms with Gasteiger partial charge in [-0.1, -0.05) is 18.0 Å². The summed E-state index contributed by atoms with van der Waals surface area (Å²) in [5.41, 5.74) is 1.75. The number of hydrogen-bond donors (Lipinski definition) is 3. The quantitative estimate of drug-likeness (QED) is 0.354. The molecular weight excluding hydrogens is 459 g/mol. The zero-order valence-corrected chi connectivity index (χ0v) is 19.6. The number of aromatic amines is 1. The van der Waals surface area contributed by atoms with Crippen LogP contribution in [0.25, 0.3) is 33.5 Å². The largest absolute Gasteiger partial charge is 0.419 e. The first-order valence-corrected chi connectivity index (χ1v) is 11.6. The maximum absolute atomic E-state index is 13.9. The zero-order valence-electron chi connectivity index (χ0n) is 19.6. The summed E-state index contributed by atoms with van der Waals surface area (Å²) in [6.07, 6.45) is 1.79. The number of H-pyrrole nitrogens is 1. The summed E-state index contributed by atoms with van der Waals surface area (Å²) in [4.78, 5) is 16.0. The van der Waals surface area contributed by atoms with Crippen LogP contribution < -0.4 is 10.6 Å². The zero-order chi connectivity index (χ0) is 24.7. The third-order valence-corrected chi connectivity index (χ3v) is 6.63. The highest BCUT2D eigenvalue weighted by Gasteiger charge is 2.36. The van der Waals surface area contributed by atoms with Crippen LogP contribution in [0, 0.1) is 13.8 Å². The molecule has 35 heavy (non-hydrogen) atoms. The number of rotatable bonds is 5. The lowest BCUT2D eigenvalue weighted by molar-refractivity contribution is -0.137. The van der Waals surface area contributed by atoms with Crippen molar-refractivity contribution in [2.75, 3.05) is 12.4 Å². The van der Waals surface area contributed by atoms with E-state index in [9.17, 15) is 13.2 Å². The van der Waals surface area contributed by atoms with Crippen molar-refractivity contribution in [2.45, 2.75) is 57.8 Å². The Morgan fingerprint density at radius 2 is 1.86 bits per heavy atom. The Hall–Kier alpha value is -3.47. The van der Waals surface area contributed by atoms with E-state index in [0.717, 1.165) is 37.4 Å². The van der Waals surface area contributed by atoms with Crippen LogP contribution >= 0.6 is 0 Å². The van der Waals surface area contributed by atoms with Crippen molar-refractivity contribution in [3.8, 4) is 22.5 Å². The van der Waals surface area contributed by atoms with Crippen LogP contribution in [-0.4, -0.2) is 44.2 Å². The SMILES string of the molecule is CN[C@H]1CCCC[C@@H]1Nc1ncc(C(F)(F)F)c(-c2c[nH]c3nc(-c4c(C)noc4C)ccc23)n1. The third kappa shape index (κ3) is 4.36. The number of alkyl halides is 3. The lowest BCUT2D eigenvalue weighted by atomic mass is 9.90. The summed E-state index contributed by atoms with van der Waals surface area (Å²) in [5, 5.41) is 11.0. The van der Waals surface area contributed by atoms with E-state index in [2.05, 4.69) is 35.7 Å². The number of anilines is 1. The van der Waals surface area contributed by atoms with Gasteiger partial charge in [0.1, 0.15) is 17.0 Å². The van der Waals surface area contributed by atoms with E-state index < -0.39 is 11.7 Å². The minimum absolute atomic E-state index is 0.0422. The molecule has 1 aliphatic rings. The Morgan fingerprint density at radius 3 is 2.54 bits per heavy atom. The van der Waals surface area contributed by atoms with Gasteiger partial charge >= 0.3 is 6.18 Å². The monoisotopic (exact) mass is 485 g/mol. The second-order valence-corrected chi connectivity index (χ2v) is 8.88. The highest BCUT2D eigenvalue weighted by Crippen LogP contribution is 2.39. The van der Waals surface area contributed by atoms with E-state index in [-0.39, 0.29) is 23.7 Å². The van der Waals surface area contributed by atoms with E-state index in [0.29, 0.717) is 33.7 Å². The number of pyridine rings is 1. The van der Waals surface area contributed by atoms with Crippen LogP contribution in [0.3, 0.4) is 0 Å². The lowest BCUT2D eigenvalue weighted by Gasteiger charge is -2.32. The van der Waals surface area contributed by atoms with Crippen LogP contribution in [0.1, 0.15) is 42.7 Å². The van der Waals surface area contributed by atoms with Crippen molar-refractivity contribution >= 4 is 17.0 Å². The Morgan fingerprint density at radius 1 is 1.09 bits per heavy atom. The molecule has 1 fully saturated rings. The molecule has 3 N–H and O–H groups in total. The van der Waals surface area contributed by atoms with Crippen molar-refractivity contribution in [3.05, 3.63) is 41.5 Å². The molecule has 8 nitrogen and oxygen atoms in total. The second-order valence-electron chi connectivity index (χ2n) is 8.88. The number of fused-ring (bicyclic) bond motifs is 1. The van der Waals surface area contributed by atoms with Gasteiger partial charge in [0.15, 0.2) is 0 Å². The van der Waals surface area contributed by atoms with Crippen molar-refractivity contribution in [3.63, 3.8) is 0 Å². The average molecular weight is 486 g/mol. The number of aryl methyl sites for hydroxylation is 2. The van der Waals surface area contributed by atoms with E-state index in [1.54, 1.807) is 19.1 Å². The molecule has 0 aliphatic heterocycles. The summed E-state index contributed by atoms with van der Waals surface area (Å²) in [6.45, 7) is 3.60. The van der Waals surface area contributed by atoms with Crippen molar-refractivity contribution in [1.29, 1.82) is 0 Å². The fraction of sp³-hybridized carbons (Fsp3) is 0.417. The number of likely N-dealkylation sites (N-methyl/N-ethyl adjacent to an activating group) is 1. The molecule has 4 aromatic heterocycles. The number of nitrogens with zero attached hydrogens (tertiary/aromatic N) is 4. The summed E-state index contributed by atoms with van der Waals surface area (Å²) in [6, 6.07) is 3.74. The average Bonchev–Trinajstić information content (AvgIpc) is 3.40. The molecular formula is C24H26F3N7O. The summed E-state index contributed by atoms with van der Waals surface area (Å²) < 4.78 is 47.0. The summed E-state index contributed by atoms with van der Waals surface area (Å²) >= 11 is 0. The number of aromatic nitrogens is 5. The first kappa shape index (κ1) is 23.3. The molecule has 1 aliphatic carbocycles. The second kappa shape index (κ2) is 8.95. The van der Waals surface area contributed by atoms with Crippen LogP contribution in [0.2, 0.25) is 0 Å². The van der Waals surface area contributed by atoms with E-state index in [1.807, 2.05) is 14.0 Å². The van der Waals surface area contributed by atoms with Gasteiger partial charge < -0.3 is 20.1 Å². The minimum atomic E-state index is -4.61. The van der Waals surface area contributed by atoms with Gasteiger partial charge in [-0.3, -0.25) is 0 Å². The maximum atomic E-state index is 13.9. The predicted octanol–water partition coefficient (Wildman–Crippen LogP) is 5.25.